The number of halogens is 2. The Balaban J connectivity index is 1.70. The number of phenols is 1. The van der Waals surface area contributed by atoms with Gasteiger partial charge in [-0.05, 0) is 63.8 Å². The summed E-state index contributed by atoms with van der Waals surface area (Å²) in [6.07, 6.45) is 0.551. The molecule has 1 aliphatic rings. The number of carbonyl (C=O) groups excluding carboxylic acids is 1. The lowest BCUT2D eigenvalue weighted by Gasteiger charge is -2.26. The fraction of sp³-hybridized carbons (Fsp3) is 0.154. The molecule has 0 spiro atoms. The first-order chi connectivity index (χ1) is 16.4. The zero-order valence-electron chi connectivity index (χ0n) is 18.0. The van der Waals surface area contributed by atoms with Gasteiger partial charge in [0.05, 0.1) is 28.6 Å². The highest BCUT2D eigenvalue weighted by atomic mass is 79.9. The van der Waals surface area contributed by atoms with Crippen molar-refractivity contribution in [1.29, 1.82) is 0 Å². The van der Waals surface area contributed by atoms with Crippen molar-refractivity contribution in [3.8, 4) is 11.5 Å². The third-order valence-electron chi connectivity index (χ3n) is 6.00. The van der Waals surface area contributed by atoms with Gasteiger partial charge in [-0.25, -0.2) is 4.39 Å². The molecule has 0 bridgehead atoms. The molecule has 3 aromatic carbocycles. The molecule has 1 unspecified atom stereocenters. The van der Waals surface area contributed by atoms with E-state index in [1.54, 1.807) is 17.0 Å². The van der Waals surface area contributed by atoms with Crippen LogP contribution in [0.25, 0.3) is 11.0 Å². The number of rotatable bonds is 5. The van der Waals surface area contributed by atoms with Crippen LogP contribution in [0.2, 0.25) is 0 Å². The number of fused-ring (bicyclic) bond motifs is 2. The third-order valence-corrected chi connectivity index (χ3v) is 6.60. The Morgan fingerprint density at radius 3 is 2.62 bits per heavy atom. The first kappa shape index (κ1) is 22.2. The quantitative estimate of drug-likeness (QED) is 0.389. The summed E-state index contributed by atoms with van der Waals surface area (Å²) < 4.78 is 25.4. The van der Waals surface area contributed by atoms with Crippen molar-refractivity contribution in [2.75, 3.05) is 13.7 Å². The van der Waals surface area contributed by atoms with Crippen LogP contribution < -0.4 is 10.2 Å². The Hall–Kier alpha value is -3.65. The molecule has 1 amide bonds. The van der Waals surface area contributed by atoms with Crippen molar-refractivity contribution in [1.82, 2.24) is 4.90 Å². The van der Waals surface area contributed by atoms with Gasteiger partial charge in [0.1, 0.15) is 11.4 Å². The number of hydrogen-bond acceptors (Lipinski definition) is 5. The van der Waals surface area contributed by atoms with Crippen LogP contribution in [0.3, 0.4) is 0 Å². The largest absolute Gasteiger partial charge is 0.503 e. The Labute approximate surface area is 202 Å². The number of phenolic OH excluding ortho intramolecular Hbond substituents is 1. The van der Waals surface area contributed by atoms with E-state index in [1.807, 2.05) is 30.3 Å². The highest BCUT2D eigenvalue weighted by Gasteiger charge is 2.43. The monoisotopic (exact) mass is 523 g/mol. The minimum Gasteiger partial charge on any atom is -0.503 e. The van der Waals surface area contributed by atoms with Crippen molar-refractivity contribution in [3.05, 3.63) is 104 Å². The molecule has 0 aliphatic carbocycles. The van der Waals surface area contributed by atoms with E-state index in [2.05, 4.69) is 15.9 Å². The maximum atomic E-state index is 13.9. The maximum absolute atomic E-state index is 13.9. The van der Waals surface area contributed by atoms with Gasteiger partial charge in [-0.1, -0.05) is 30.3 Å². The molecule has 5 rings (SSSR count). The fourth-order valence-corrected chi connectivity index (χ4v) is 4.83. The van der Waals surface area contributed by atoms with Gasteiger partial charge in [-0.2, -0.15) is 0 Å². The number of hydrogen-bond donors (Lipinski definition) is 1. The second-order valence-corrected chi connectivity index (χ2v) is 8.86. The molecular weight excluding hydrogens is 505 g/mol. The SMILES string of the molecule is COc1cc(C2c3c(oc4ccc(F)cc4c3=O)C(=O)N2CCc2ccccc2)cc(Br)c1O. The van der Waals surface area contributed by atoms with Crippen LogP contribution in [-0.2, 0) is 6.42 Å². The normalized spacial score (nSPS) is 15.1. The number of benzene rings is 3. The van der Waals surface area contributed by atoms with E-state index in [4.69, 9.17) is 9.15 Å². The summed E-state index contributed by atoms with van der Waals surface area (Å²) in [5.41, 5.74) is 1.38. The second-order valence-electron chi connectivity index (χ2n) is 8.00. The molecule has 6 nitrogen and oxygen atoms in total. The van der Waals surface area contributed by atoms with Crippen LogP contribution in [0, 0.1) is 5.82 Å². The number of carbonyl (C=O) groups is 1. The van der Waals surface area contributed by atoms with Crippen LogP contribution in [0.1, 0.15) is 33.3 Å². The molecule has 4 aromatic rings. The molecular formula is C26H19BrFNO5. The number of nitrogens with zero attached hydrogens (tertiary/aromatic N) is 1. The number of methoxy groups -OCH3 is 1. The molecule has 1 atom stereocenters. The highest BCUT2D eigenvalue weighted by molar-refractivity contribution is 9.10. The highest BCUT2D eigenvalue weighted by Crippen LogP contribution is 2.43. The minimum absolute atomic E-state index is 0.0614. The summed E-state index contributed by atoms with van der Waals surface area (Å²) in [6, 6.07) is 15.7. The summed E-state index contributed by atoms with van der Waals surface area (Å²) in [5.74, 6) is -0.980. The topological polar surface area (TPSA) is 80.0 Å². The number of aromatic hydroxyl groups is 1. The van der Waals surface area contributed by atoms with Gasteiger partial charge in [-0.15, -0.1) is 0 Å². The van der Waals surface area contributed by atoms with Crippen molar-refractivity contribution in [3.63, 3.8) is 0 Å². The van der Waals surface area contributed by atoms with Crippen LogP contribution >= 0.6 is 15.9 Å². The molecule has 1 N–H and O–H groups in total. The zero-order chi connectivity index (χ0) is 24.0. The molecule has 0 saturated heterocycles. The predicted molar refractivity (Wildman–Crippen MR) is 128 cm³/mol. The van der Waals surface area contributed by atoms with E-state index < -0.39 is 23.2 Å². The van der Waals surface area contributed by atoms with Crippen molar-refractivity contribution in [2.45, 2.75) is 12.5 Å². The van der Waals surface area contributed by atoms with Crippen LogP contribution in [0.15, 0.2) is 74.3 Å². The van der Waals surface area contributed by atoms with E-state index in [0.717, 1.165) is 11.6 Å². The van der Waals surface area contributed by atoms with Gasteiger partial charge in [-0.3, -0.25) is 9.59 Å². The lowest BCUT2D eigenvalue weighted by Crippen LogP contribution is -2.31. The predicted octanol–water partition coefficient (Wildman–Crippen LogP) is 5.20. The number of amides is 1. The van der Waals surface area contributed by atoms with Crippen molar-refractivity contribution >= 4 is 32.8 Å². The molecule has 2 heterocycles. The zero-order valence-corrected chi connectivity index (χ0v) is 19.6. The van der Waals surface area contributed by atoms with Gasteiger partial charge in [0.15, 0.2) is 16.9 Å². The Bertz CT molecular complexity index is 1480. The Kier molecular flexibility index (Phi) is 5.61. The standard InChI is InChI=1S/C26H19BrFNO5/c1-33-20-12-15(11-18(27)24(20)31)22-21-23(30)17-13-16(28)7-8-19(17)34-25(21)26(32)29(22)10-9-14-5-3-2-4-6-14/h2-8,11-13,22,31H,9-10H2,1H3. The van der Waals surface area contributed by atoms with Crippen molar-refractivity contribution < 1.29 is 23.4 Å². The summed E-state index contributed by atoms with van der Waals surface area (Å²) in [5, 5.41) is 10.3. The summed E-state index contributed by atoms with van der Waals surface area (Å²) >= 11 is 3.32. The van der Waals surface area contributed by atoms with Crippen LogP contribution in [0.4, 0.5) is 4.39 Å². The van der Waals surface area contributed by atoms with Crippen LogP contribution in [0.5, 0.6) is 11.5 Å². The van der Waals surface area contributed by atoms with E-state index >= 15 is 0 Å². The van der Waals surface area contributed by atoms with E-state index in [9.17, 15) is 19.1 Å². The first-order valence-corrected chi connectivity index (χ1v) is 11.4. The van der Waals surface area contributed by atoms with Gasteiger partial charge in [0.2, 0.25) is 5.76 Å². The van der Waals surface area contributed by atoms with E-state index in [1.165, 1.54) is 19.2 Å². The first-order valence-electron chi connectivity index (χ1n) is 10.6. The Morgan fingerprint density at radius 1 is 1.12 bits per heavy atom. The van der Waals surface area contributed by atoms with Crippen LogP contribution in [-0.4, -0.2) is 29.6 Å². The molecule has 34 heavy (non-hydrogen) atoms. The number of ether oxygens (including phenoxy) is 1. The second kappa shape index (κ2) is 8.61. The van der Waals surface area contributed by atoms with Crippen molar-refractivity contribution in [2.24, 2.45) is 0 Å². The molecule has 0 fully saturated rings. The Morgan fingerprint density at radius 2 is 1.88 bits per heavy atom. The lowest BCUT2D eigenvalue weighted by atomic mass is 9.97. The third kappa shape index (κ3) is 3.64. The molecule has 8 heteroatoms. The minimum atomic E-state index is -0.805. The van der Waals surface area contributed by atoms with Gasteiger partial charge in [0.25, 0.3) is 5.91 Å². The van der Waals surface area contributed by atoms with E-state index in [-0.39, 0.29) is 33.8 Å². The average Bonchev–Trinajstić information content (AvgIpc) is 3.12. The molecule has 0 radical (unpaired) electrons. The van der Waals surface area contributed by atoms with Gasteiger partial charge in [0, 0.05) is 6.54 Å². The average molecular weight is 524 g/mol. The smallest absolute Gasteiger partial charge is 0.290 e. The molecule has 1 aromatic heterocycles. The summed E-state index contributed by atoms with van der Waals surface area (Å²) in [6.45, 7) is 0.308. The maximum Gasteiger partial charge on any atom is 0.290 e. The lowest BCUT2D eigenvalue weighted by molar-refractivity contribution is 0.0730. The van der Waals surface area contributed by atoms with E-state index in [0.29, 0.717) is 23.0 Å². The molecule has 172 valence electrons. The summed E-state index contributed by atoms with van der Waals surface area (Å²) in [4.78, 5) is 28.6. The molecule has 0 saturated carbocycles. The van der Waals surface area contributed by atoms with Gasteiger partial charge < -0.3 is 19.2 Å². The van der Waals surface area contributed by atoms with Gasteiger partial charge >= 0.3 is 0 Å². The summed E-state index contributed by atoms with van der Waals surface area (Å²) in [7, 11) is 1.41. The molecule has 1 aliphatic heterocycles. The fourth-order valence-electron chi connectivity index (χ4n) is 4.37.